The Balaban J connectivity index is 2.50. The topological polar surface area (TPSA) is 75.1 Å². The molecular weight excluding hydrogens is 305 g/mol. The molecule has 0 spiro atoms. The maximum Gasteiger partial charge on any atom is 0.305 e. The van der Waals surface area contributed by atoms with Crippen LogP contribution < -0.4 is 0 Å². The molecule has 0 aliphatic heterocycles. The van der Waals surface area contributed by atoms with Gasteiger partial charge in [0.15, 0.2) is 0 Å². The predicted octanol–water partition coefficient (Wildman–Crippen LogP) is 5.13. The Hall–Kier alpha value is -1.59. The molecule has 0 aliphatic carbocycles. The smallest absolute Gasteiger partial charge is 0.305 e. The van der Waals surface area contributed by atoms with E-state index in [2.05, 4.69) is 14.8 Å². The summed E-state index contributed by atoms with van der Waals surface area (Å²) in [4.78, 5) is 16.2. The van der Waals surface area contributed by atoms with Crippen LogP contribution in [-0.4, -0.2) is 19.8 Å². The van der Waals surface area contributed by atoms with E-state index in [0.29, 0.717) is 12.8 Å². The minimum Gasteiger partial charge on any atom is -0.469 e. The van der Waals surface area contributed by atoms with E-state index in [4.69, 9.17) is 5.53 Å². The molecule has 0 fully saturated rings. The number of carbonyl (C=O) groups excluding carboxylic acids is 1. The van der Waals surface area contributed by atoms with Crippen LogP contribution in [0.15, 0.2) is 17.2 Å². The highest BCUT2D eigenvalue weighted by Crippen LogP contribution is 2.31. The molecule has 1 atom stereocenters. The fourth-order valence-corrected chi connectivity index (χ4v) is 3.27. The highest BCUT2D eigenvalue weighted by atomic mass is 32.1. The van der Waals surface area contributed by atoms with Crippen LogP contribution >= 0.6 is 11.3 Å². The quantitative estimate of drug-likeness (QED) is 0.186. The molecule has 1 aromatic rings. The molecule has 5 nitrogen and oxygen atoms in total. The summed E-state index contributed by atoms with van der Waals surface area (Å²) in [5, 5.41) is 3.85. The summed E-state index contributed by atoms with van der Waals surface area (Å²) in [5.74, 6) is -0.198. The van der Waals surface area contributed by atoms with E-state index in [1.807, 2.05) is 12.1 Å². The van der Waals surface area contributed by atoms with Crippen LogP contribution in [-0.2, 0) is 16.0 Å². The first-order valence-electron chi connectivity index (χ1n) is 7.46. The second kappa shape index (κ2) is 11.0. The van der Waals surface area contributed by atoms with Gasteiger partial charge >= 0.3 is 5.97 Å². The number of rotatable bonds is 11. The van der Waals surface area contributed by atoms with Crippen LogP contribution in [0.5, 0.6) is 0 Å². The Morgan fingerprint density at radius 3 is 2.91 bits per heavy atom. The summed E-state index contributed by atoms with van der Waals surface area (Å²) in [6, 6.07) is 3.81. The number of alkyl halides is 1. The van der Waals surface area contributed by atoms with Crippen molar-refractivity contribution in [2.75, 3.05) is 13.8 Å². The number of ether oxygens (including phenoxy) is 1. The van der Waals surface area contributed by atoms with Gasteiger partial charge in [0.25, 0.3) is 0 Å². The molecule has 0 aliphatic rings. The van der Waals surface area contributed by atoms with E-state index in [0.717, 1.165) is 37.0 Å². The monoisotopic (exact) mass is 327 g/mol. The van der Waals surface area contributed by atoms with Crippen molar-refractivity contribution >= 4 is 17.3 Å². The minimum absolute atomic E-state index is 0.177. The molecule has 0 bridgehead atoms. The lowest BCUT2D eigenvalue weighted by Gasteiger charge is -2.08. The Morgan fingerprint density at radius 1 is 1.41 bits per heavy atom. The zero-order chi connectivity index (χ0) is 16.2. The van der Waals surface area contributed by atoms with Crippen molar-refractivity contribution in [2.45, 2.75) is 51.0 Å². The molecule has 22 heavy (non-hydrogen) atoms. The molecule has 0 saturated carbocycles. The van der Waals surface area contributed by atoms with Gasteiger partial charge in [-0.25, -0.2) is 0 Å². The second-order valence-electron chi connectivity index (χ2n) is 4.99. The molecule has 0 N–H and O–H groups in total. The van der Waals surface area contributed by atoms with Crippen molar-refractivity contribution in [3.63, 3.8) is 0 Å². The number of hydrogen-bond acceptors (Lipinski definition) is 4. The summed E-state index contributed by atoms with van der Waals surface area (Å²) in [6.45, 7) is -0.296. The fraction of sp³-hybridized carbons (Fsp3) is 0.667. The maximum absolute atomic E-state index is 12.1. The van der Waals surface area contributed by atoms with Crippen molar-refractivity contribution in [2.24, 2.45) is 5.11 Å². The Labute approximate surface area is 134 Å². The number of halogens is 1. The van der Waals surface area contributed by atoms with Crippen LogP contribution in [0.3, 0.4) is 0 Å². The molecule has 1 unspecified atom stereocenters. The van der Waals surface area contributed by atoms with Gasteiger partial charge in [0.1, 0.15) is 0 Å². The first-order chi connectivity index (χ1) is 10.7. The van der Waals surface area contributed by atoms with Gasteiger partial charge < -0.3 is 4.74 Å². The third kappa shape index (κ3) is 6.91. The van der Waals surface area contributed by atoms with Gasteiger partial charge in [-0.15, -0.1) is 11.3 Å². The summed E-state index contributed by atoms with van der Waals surface area (Å²) in [6.07, 6.45) is 4.93. The molecule has 1 heterocycles. The Kier molecular flexibility index (Phi) is 9.26. The lowest BCUT2D eigenvalue weighted by Crippen LogP contribution is -1.99. The molecular formula is C15H22FN3O2S. The Morgan fingerprint density at radius 2 is 2.23 bits per heavy atom. The fourth-order valence-electron chi connectivity index (χ4n) is 2.15. The minimum atomic E-state index is -0.296. The first-order valence-corrected chi connectivity index (χ1v) is 8.28. The SMILES string of the molecule is COC(=O)CCCc1ccc(C(CCCCCF)N=[N+]=[N-])s1. The van der Waals surface area contributed by atoms with Crippen molar-refractivity contribution in [3.05, 3.63) is 32.3 Å². The zero-order valence-corrected chi connectivity index (χ0v) is 13.6. The number of unbranched alkanes of at least 4 members (excludes halogenated alkanes) is 2. The van der Waals surface area contributed by atoms with Crippen LogP contribution in [0, 0.1) is 0 Å². The molecule has 0 saturated heterocycles. The van der Waals surface area contributed by atoms with Crippen molar-refractivity contribution in [3.8, 4) is 0 Å². The molecule has 7 heteroatoms. The third-order valence-corrected chi connectivity index (χ3v) is 4.59. The van der Waals surface area contributed by atoms with Crippen LogP contribution in [0.1, 0.15) is 54.3 Å². The average Bonchev–Trinajstić information content (AvgIpc) is 2.99. The molecule has 0 amide bonds. The lowest BCUT2D eigenvalue weighted by atomic mass is 10.1. The molecule has 122 valence electrons. The van der Waals surface area contributed by atoms with Gasteiger partial charge in [-0.2, -0.15) is 0 Å². The van der Waals surface area contributed by atoms with Crippen molar-refractivity contribution in [1.29, 1.82) is 0 Å². The van der Waals surface area contributed by atoms with E-state index >= 15 is 0 Å². The van der Waals surface area contributed by atoms with E-state index in [9.17, 15) is 9.18 Å². The lowest BCUT2D eigenvalue weighted by molar-refractivity contribution is -0.140. The zero-order valence-electron chi connectivity index (χ0n) is 12.8. The number of thiophene rings is 1. The number of methoxy groups -OCH3 is 1. The molecule has 1 rings (SSSR count). The van der Waals surface area contributed by atoms with Crippen LogP contribution in [0.2, 0.25) is 0 Å². The van der Waals surface area contributed by atoms with Gasteiger partial charge in [-0.3, -0.25) is 9.18 Å². The van der Waals surface area contributed by atoms with E-state index < -0.39 is 0 Å². The number of esters is 1. The average molecular weight is 327 g/mol. The van der Waals surface area contributed by atoms with Crippen molar-refractivity contribution < 1.29 is 13.9 Å². The van der Waals surface area contributed by atoms with E-state index in [-0.39, 0.29) is 18.7 Å². The van der Waals surface area contributed by atoms with E-state index in [1.165, 1.54) is 12.0 Å². The Bertz CT molecular complexity index is 501. The van der Waals surface area contributed by atoms with Crippen LogP contribution in [0.4, 0.5) is 4.39 Å². The number of aryl methyl sites for hydroxylation is 1. The number of carbonyl (C=O) groups is 1. The third-order valence-electron chi connectivity index (χ3n) is 3.34. The standard InChI is InChI=1S/C15H22FN3O2S/c1-21-15(20)8-5-6-12-9-10-14(22-12)13(18-19-17)7-3-2-4-11-16/h9-10,13H,2-8,11H2,1H3. The maximum atomic E-state index is 12.1. The molecule has 0 radical (unpaired) electrons. The highest BCUT2D eigenvalue weighted by molar-refractivity contribution is 7.12. The molecule has 1 aromatic heterocycles. The van der Waals surface area contributed by atoms with Crippen LogP contribution in [0.25, 0.3) is 10.4 Å². The van der Waals surface area contributed by atoms with Gasteiger partial charge in [0.05, 0.1) is 19.8 Å². The normalized spacial score (nSPS) is 11.7. The number of hydrogen-bond donors (Lipinski definition) is 0. The predicted molar refractivity (Wildman–Crippen MR) is 85.6 cm³/mol. The van der Waals surface area contributed by atoms with Gasteiger partial charge in [0, 0.05) is 21.1 Å². The summed E-state index contributed by atoms with van der Waals surface area (Å²) in [5.41, 5.74) is 8.69. The van der Waals surface area contributed by atoms with Gasteiger partial charge in [-0.05, 0) is 43.3 Å². The summed E-state index contributed by atoms with van der Waals surface area (Å²) in [7, 11) is 1.39. The number of azide groups is 1. The molecule has 0 aromatic carbocycles. The van der Waals surface area contributed by atoms with Crippen molar-refractivity contribution in [1.82, 2.24) is 0 Å². The van der Waals surface area contributed by atoms with E-state index in [1.54, 1.807) is 11.3 Å². The summed E-state index contributed by atoms with van der Waals surface area (Å²) < 4.78 is 16.7. The largest absolute Gasteiger partial charge is 0.469 e. The highest BCUT2D eigenvalue weighted by Gasteiger charge is 2.12. The second-order valence-corrected chi connectivity index (χ2v) is 6.19. The first kappa shape index (κ1) is 18.5. The number of nitrogens with zero attached hydrogens (tertiary/aromatic N) is 3. The summed E-state index contributed by atoms with van der Waals surface area (Å²) >= 11 is 1.61. The van der Waals surface area contributed by atoms with Gasteiger partial charge in [-0.1, -0.05) is 18.0 Å². The van der Waals surface area contributed by atoms with Gasteiger partial charge in [0.2, 0.25) is 0 Å².